The molecule has 3 heteroatoms. The van der Waals surface area contributed by atoms with Crippen molar-refractivity contribution in [1.82, 2.24) is 9.78 Å². The summed E-state index contributed by atoms with van der Waals surface area (Å²) in [6, 6.07) is 14.7. The van der Waals surface area contributed by atoms with Crippen molar-refractivity contribution in [3.63, 3.8) is 0 Å². The van der Waals surface area contributed by atoms with Gasteiger partial charge in [0.25, 0.3) is 0 Å². The minimum atomic E-state index is 0.459. The number of hydrogen-bond acceptors (Lipinski definition) is 2. The van der Waals surface area contributed by atoms with Crippen molar-refractivity contribution >= 4 is 10.9 Å². The Bertz CT molecular complexity index is 774. The summed E-state index contributed by atoms with van der Waals surface area (Å²) in [7, 11) is 0. The zero-order valence-electron chi connectivity index (χ0n) is 13.4. The van der Waals surface area contributed by atoms with E-state index in [0.29, 0.717) is 12.5 Å². The number of fused-ring (bicyclic) bond motifs is 1. The summed E-state index contributed by atoms with van der Waals surface area (Å²) in [5, 5.41) is 5.61. The molecule has 0 amide bonds. The van der Waals surface area contributed by atoms with E-state index in [1.165, 1.54) is 16.5 Å². The second-order valence-electron chi connectivity index (χ2n) is 5.97. The third-order valence-corrected chi connectivity index (χ3v) is 3.90. The van der Waals surface area contributed by atoms with Gasteiger partial charge >= 0.3 is 0 Å². The maximum atomic E-state index is 6.04. The van der Waals surface area contributed by atoms with Crippen LogP contribution in [0.5, 0.6) is 5.75 Å². The highest BCUT2D eigenvalue weighted by Gasteiger charge is 2.08. The number of nitrogens with zero attached hydrogens (tertiary/aromatic N) is 2. The highest BCUT2D eigenvalue weighted by Crippen LogP contribution is 2.27. The summed E-state index contributed by atoms with van der Waals surface area (Å²) in [5.41, 5.74) is 3.64. The second kappa shape index (κ2) is 6.22. The lowest BCUT2D eigenvalue weighted by atomic mass is 10.0. The fourth-order valence-corrected chi connectivity index (χ4v) is 2.69. The normalized spacial score (nSPS) is 11.3. The van der Waals surface area contributed by atoms with Gasteiger partial charge < -0.3 is 4.74 Å². The third kappa shape index (κ3) is 2.98. The van der Waals surface area contributed by atoms with E-state index in [9.17, 15) is 0 Å². The molecule has 0 spiro atoms. The molecule has 0 radical (unpaired) electrons. The summed E-state index contributed by atoms with van der Waals surface area (Å²) < 4.78 is 8.04. The summed E-state index contributed by atoms with van der Waals surface area (Å²) in [5.74, 6) is 1.45. The molecule has 2 aromatic carbocycles. The Morgan fingerprint density at radius 2 is 1.95 bits per heavy atom. The molecule has 3 nitrogen and oxygen atoms in total. The predicted octanol–water partition coefficient (Wildman–Crippen LogP) is 4.55. The highest BCUT2D eigenvalue weighted by atomic mass is 16.5. The van der Waals surface area contributed by atoms with Crippen molar-refractivity contribution in [2.75, 3.05) is 6.61 Å². The first-order chi connectivity index (χ1) is 10.6. The molecule has 0 atom stereocenters. The molecule has 0 saturated heterocycles. The fourth-order valence-electron chi connectivity index (χ4n) is 2.69. The Morgan fingerprint density at radius 1 is 1.14 bits per heavy atom. The van der Waals surface area contributed by atoms with Gasteiger partial charge in [-0.1, -0.05) is 44.2 Å². The predicted molar refractivity (Wildman–Crippen MR) is 90.5 cm³/mol. The van der Waals surface area contributed by atoms with Gasteiger partial charge in [-0.2, -0.15) is 5.10 Å². The average molecular weight is 294 g/mol. The lowest BCUT2D eigenvalue weighted by Gasteiger charge is -2.15. The standard InChI is InChI=1S/C19H22N2O/c1-14(2)17-9-8-15(3)12-19(17)22-11-10-21-18-7-5-4-6-16(18)13-20-21/h4-9,12-14H,10-11H2,1-3H3. The molecule has 1 aromatic heterocycles. The van der Waals surface area contributed by atoms with Gasteiger partial charge in [-0.3, -0.25) is 4.68 Å². The van der Waals surface area contributed by atoms with Gasteiger partial charge in [-0.05, 0) is 36.1 Å². The minimum absolute atomic E-state index is 0.459. The number of para-hydroxylation sites is 1. The topological polar surface area (TPSA) is 27.1 Å². The van der Waals surface area contributed by atoms with Crippen LogP contribution in [0.1, 0.15) is 30.9 Å². The maximum absolute atomic E-state index is 6.04. The molecule has 0 aliphatic carbocycles. The Kier molecular flexibility index (Phi) is 4.14. The van der Waals surface area contributed by atoms with Gasteiger partial charge in [0.2, 0.25) is 0 Å². The Labute approximate surface area is 131 Å². The average Bonchev–Trinajstić information content (AvgIpc) is 2.91. The number of benzene rings is 2. The molecule has 22 heavy (non-hydrogen) atoms. The smallest absolute Gasteiger partial charge is 0.123 e. The van der Waals surface area contributed by atoms with Crippen molar-refractivity contribution in [3.8, 4) is 5.75 Å². The van der Waals surface area contributed by atoms with Crippen LogP contribution in [0.4, 0.5) is 0 Å². The third-order valence-electron chi connectivity index (χ3n) is 3.90. The van der Waals surface area contributed by atoms with Crippen LogP contribution in [0.15, 0.2) is 48.7 Å². The van der Waals surface area contributed by atoms with E-state index in [4.69, 9.17) is 4.74 Å². The highest BCUT2D eigenvalue weighted by molar-refractivity contribution is 5.78. The van der Waals surface area contributed by atoms with E-state index in [1.54, 1.807) is 0 Å². The van der Waals surface area contributed by atoms with Crippen LogP contribution in [0.3, 0.4) is 0 Å². The quantitative estimate of drug-likeness (QED) is 0.690. The molecule has 1 heterocycles. The van der Waals surface area contributed by atoms with E-state index < -0.39 is 0 Å². The Hall–Kier alpha value is -2.29. The molecular weight excluding hydrogens is 272 g/mol. The van der Waals surface area contributed by atoms with Crippen LogP contribution in [-0.2, 0) is 6.54 Å². The lowest BCUT2D eigenvalue weighted by molar-refractivity contribution is 0.290. The molecule has 0 aliphatic heterocycles. The Morgan fingerprint density at radius 3 is 2.77 bits per heavy atom. The summed E-state index contributed by atoms with van der Waals surface area (Å²) in [6.45, 7) is 7.85. The van der Waals surface area contributed by atoms with Gasteiger partial charge in [0.1, 0.15) is 12.4 Å². The SMILES string of the molecule is Cc1ccc(C(C)C)c(OCCn2ncc3ccccc32)c1. The Balaban J connectivity index is 1.72. The van der Waals surface area contributed by atoms with Crippen molar-refractivity contribution in [1.29, 1.82) is 0 Å². The molecule has 114 valence electrons. The number of aryl methyl sites for hydroxylation is 1. The first-order valence-corrected chi connectivity index (χ1v) is 7.79. The first-order valence-electron chi connectivity index (χ1n) is 7.79. The molecule has 0 bridgehead atoms. The monoisotopic (exact) mass is 294 g/mol. The molecule has 0 unspecified atom stereocenters. The first kappa shape index (κ1) is 14.6. The van der Waals surface area contributed by atoms with Crippen LogP contribution >= 0.6 is 0 Å². The van der Waals surface area contributed by atoms with Gasteiger partial charge in [0.05, 0.1) is 18.3 Å². The molecule has 0 fully saturated rings. The van der Waals surface area contributed by atoms with Gasteiger partial charge in [0.15, 0.2) is 0 Å². The van der Waals surface area contributed by atoms with Crippen molar-refractivity contribution in [2.24, 2.45) is 0 Å². The molecule has 0 aliphatic rings. The maximum Gasteiger partial charge on any atom is 0.123 e. The van der Waals surface area contributed by atoms with E-state index in [2.05, 4.69) is 56.2 Å². The van der Waals surface area contributed by atoms with Crippen molar-refractivity contribution in [2.45, 2.75) is 33.2 Å². The lowest BCUT2D eigenvalue weighted by Crippen LogP contribution is -2.10. The fraction of sp³-hybridized carbons (Fsp3) is 0.316. The van der Waals surface area contributed by atoms with Gasteiger partial charge in [-0.15, -0.1) is 0 Å². The van der Waals surface area contributed by atoms with E-state index in [1.807, 2.05) is 23.0 Å². The van der Waals surface area contributed by atoms with Crippen LogP contribution in [0.25, 0.3) is 10.9 Å². The molecule has 3 aromatic rings. The summed E-state index contributed by atoms with van der Waals surface area (Å²) in [6.07, 6.45) is 1.90. The van der Waals surface area contributed by atoms with Crippen LogP contribution in [0, 0.1) is 6.92 Å². The van der Waals surface area contributed by atoms with Crippen LogP contribution in [0.2, 0.25) is 0 Å². The minimum Gasteiger partial charge on any atom is -0.491 e. The second-order valence-corrected chi connectivity index (χ2v) is 5.97. The molecule has 0 saturated carbocycles. The summed E-state index contributed by atoms with van der Waals surface area (Å²) in [4.78, 5) is 0. The zero-order chi connectivity index (χ0) is 15.5. The van der Waals surface area contributed by atoms with Crippen molar-refractivity contribution < 1.29 is 4.74 Å². The largest absolute Gasteiger partial charge is 0.491 e. The molecule has 0 N–H and O–H groups in total. The number of aromatic nitrogens is 2. The molecular formula is C19H22N2O. The number of rotatable bonds is 5. The van der Waals surface area contributed by atoms with Gasteiger partial charge in [0, 0.05) is 5.39 Å². The zero-order valence-corrected chi connectivity index (χ0v) is 13.4. The van der Waals surface area contributed by atoms with Crippen molar-refractivity contribution in [3.05, 3.63) is 59.8 Å². The van der Waals surface area contributed by atoms with E-state index in [-0.39, 0.29) is 0 Å². The van der Waals surface area contributed by atoms with Gasteiger partial charge in [-0.25, -0.2) is 0 Å². The van der Waals surface area contributed by atoms with E-state index >= 15 is 0 Å². The van der Waals surface area contributed by atoms with E-state index in [0.717, 1.165) is 17.8 Å². The number of ether oxygens (including phenoxy) is 1. The number of hydrogen-bond donors (Lipinski definition) is 0. The van der Waals surface area contributed by atoms with Crippen LogP contribution in [-0.4, -0.2) is 16.4 Å². The molecule has 3 rings (SSSR count). The van der Waals surface area contributed by atoms with Crippen LogP contribution < -0.4 is 4.74 Å². The summed E-state index contributed by atoms with van der Waals surface area (Å²) >= 11 is 0.